The molecule has 2 fully saturated rings. The third kappa shape index (κ3) is 2.13. The van der Waals surface area contributed by atoms with Crippen LogP contribution in [0.15, 0.2) is 12.3 Å². The highest BCUT2D eigenvalue weighted by Gasteiger charge is 2.36. The molecule has 2 unspecified atom stereocenters. The van der Waals surface area contributed by atoms with Crippen molar-refractivity contribution in [3.05, 3.63) is 17.8 Å². The molecule has 2 aliphatic rings. The number of anilines is 2. The first-order chi connectivity index (χ1) is 9.16. The zero-order chi connectivity index (χ0) is 13.4. The Balaban J connectivity index is 1.90. The molecule has 1 aromatic heterocycles. The van der Waals surface area contributed by atoms with E-state index in [4.69, 9.17) is 10.8 Å². The number of nitrogens with two attached hydrogens (primary N) is 1. The van der Waals surface area contributed by atoms with Crippen molar-refractivity contribution >= 4 is 17.5 Å². The van der Waals surface area contributed by atoms with E-state index in [0.29, 0.717) is 6.04 Å². The van der Waals surface area contributed by atoms with Crippen LogP contribution in [0.4, 0.5) is 11.5 Å². The molecule has 1 aliphatic heterocycles. The third-order valence-electron chi connectivity index (χ3n) is 4.46. The van der Waals surface area contributed by atoms with Crippen molar-refractivity contribution in [2.45, 2.75) is 38.1 Å². The molecule has 0 bridgehead atoms. The summed E-state index contributed by atoms with van der Waals surface area (Å²) in [6.45, 7) is 0.977. The van der Waals surface area contributed by atoms with Crippen LogP contribution >= 0.6 is 0 Å². The number of carboxylic acid groups (broad SMARTS) is 1. The number of nitrogen functional groups attached to an aromatic ring is 1. The Labute approximate surface area is 112 Å². The standard InChI is InChI=1S/C14H19N3O2/c15-11-8-16-13(7-10(11)14(18)19)17-6-5-9-3-1-2-4-12(9)17/h7-9,12H,1-6,15H2,(H,18,19). The van der Waals surface area contributed by atoms with Gasteiger partial charge in [0, 0.05) is 12.6 Å². The van der Waals surface area contributed by atoms with E-state index in [1.807, 2.05) is 0 Å². The van der Waals surface area contributed by atoms with Crippen molar-refractivity contribution in [2.24, 2.45) is 5.92 Å². The van der Waals surface area contributed by atoms with Crippen LogP contribution in [0.25, 0.3) is 0 Å². The van der Waals surface area contributed by atoms with Gasteiger partial charge in [-0.05, 0) is 31.2 Å². The fourth-order valence-corrected chi connectivity index (χ4v) is 3.49. The lowest BCUT2D eigenvalue weighted by Crippen LogP contribution is -2.35. The zero-order valence-corrected chi connectivity index (χ0v) is 10.9. The highest BCUT2D eigenvalue weighted by molar-refractivity contribution is 5.94. The van der Waals surface area contributed by atoms with Gasteiger partial charge in [-0.2, -0.15) is 0 Å². The van der Waals surface area contributed by atoms with Crippen LogP contribution in [-0.2, 0) is 0 Å². The summed E-state index contributed by atoms with van der Waals surface area (Å²) in [5, 5.41) is 9.14. The number of carboxylic acids is 1. The van der Waals surface area contributed by atoms with Crippen molar-refractivity contribution in [2.75, 3.05) is 17.2 Å². The van der Waals surface area contributed by atoms with Crippen LogP contribution in [0.3, 0.4) is 0 Å². The summed E-state index contributed by atoms with van der Waals surface area (Å²) < 4.78 is 0. The van der Waals surface area contributed by atoms with Crippen LogP contribution in [0.2, 0.25) is 0 Å². The van der Waals surface area contributed by atoms with E-state index in [9.17, 15) is 4.79 Å². The molecule has 0 aromatic carbocycles. The number of pyridine rings is 1. The topological polar surface area (TPSA) is 79.5 Å². The number of fused-ring (bicyclic) bond motifs is 1. The summed E-state index contributed by atoms with van der Waals surface area (Å²) in [6.07, 6.45) is 7.73. The van der Waals surface area contributed by atoms with Crippen LogP contribution in [0, 0.1) is 5.92 Å². The summed E-state index contributed by atoms with van der Waals surface area (Å²) in [5.74, 6) is 0.530. The van der Waals surface area contributed by atoms with E-state index >= 15 is 0 Å². The van der Waals surface area contributed by atoms with E-state index < -0.39 is 5.97 Å². The Bertz CT molecular complexity index is 503. The largest absolute Gasteiger partial charge is 0.478 e. The molecule has 0 amide bonds. The van der Waals surface area contributed by atoms with Crippen molar-refractivity contribution in [3.63, 3.8) is 0 Å². The molecule has 5 heteroatoms. The predicted octanol–water partition coefficient (Wildman–Crippen LogP) is 2.13. The second-order valence-electron chi connectivity index (χ2n) is 5.53. The smallest absolute Gasteiger partial charge is 0.337 e. The number of rotatable bonds is 2. The maximum absolute atomic E-state index is 11.1. The molecule has 1 aromatic rings. The van der Waals surface area contributed by atoms with Gasteiger partial charge in [0.15, 0.2) is 0 Å². The third-order valence-corrected chi connectivity index (χ3v) is 4.46. The minimum atomic E-state index is -0.986. The molecule has 3 rings (SSSR count). The minimum absolute atomic E-state index is 0.157. The molecule has 3 N–H and O–H groups in total. The summed E-state index contributed by atoms with van der Waals surface area (Å²) in [4.78, 5) is 17.8. The molecule has 1 saturated carbocycles. The van der Waals surface area contributed by atoms with E-state index in [1.165, 1.54) is 38.3 Å². The first-order valence-electron chi connectivity index (χ1n) is 6.92. The Morgan fingerprint density at radius 3 is 2.95 bits per heavy atom. The fourth-order valence-electron chi connectivity index (χ4n) is 3.49. The summed E-state index contributed by atoms with van der Waals surface area (Å²) in [5.41, 5.74) is 6.05. The van der Waals surface area contributed by atoms with Gasteiger partial charge in [-0.25, -0.2) is 9.78 Å². The molecule has 1 saturated heterocycles. The average molecular weight is 261 g/mol. The molecule has 0 spiro atoms. The van der Waals surface area contributed by atoms with Gasteiger partial charge in [0.05, 0.1) is 17.4 Å². The molecule has 5 nitrogen and oxygen atoms in total. The number of hydrogen-bond acceptors (Lipinski definition) is 4. The van der Waals surface area contributed by atoms with Gasteiger partial charge in [0.25, 0.3) is 0 Å². The zero-order valence-electron chi connectivity index (χ0n) is 10.9. The Morgan fingerprint density at radius 2 is 2.16 bits per heavy atom. The number of aromatic nitrogens is 1. The lowest BCUT2D eigenvalue weighted by molar-refractivity contribution is 0.0698. The van der Waals surface area contributed by atoms with Gasteiger partial charge < -0.3 is 15.7 Å². The first-order valence-corrected chi connectivity index (χ1v) is 6.92. The van der Waals surface area contributed by atoms with E-state index in [2.05, 4.69) is 9.88 Å². The maximum atomic E-state index is 11.1. The van der Waals surface area contributed by atoms with Crippen molar-refractivity contribution < 1.29 is 9.90 Å². The second kappa shape index (κ2) is 4.72. The van der Waals surface area contributed by atoms with Gasteiger partial charge in [-0.3, -0.25) is 0 Å². The van der Waals surface area contributed by atoms with Crippen LogP contribution in [0.5, 0.6) is 0 Å². The molecule has 102 valence electrons. The summed E-state index contributed by atoms with van der Waals surface area (Å²) >= 11 is 0. The highest BCUT2D eigenvalue weighted by Crippen LogP contribution is 2.38. The maximum Gasteiger partial charge on any atom is 0.337 e. The Morgan fingerprint density at radius 1 is 1.37 bits per heavy atom. The minimum Gasteiger partial charge on any atom is -0.478 e. The second-order valence-corrected chi connectivity index (χ2v) is 5.53. The number of hydrogen-bond donors (Lipinski definition) is 2. The molecule has 1 aliphatic carbocycles. The van der Waals surface area contributed by atoms with Crippen molar-refractivity contribution in [1.82, 2.24) is 4.98 Å². The van der Waals surface area contributed by atoms with E-state index in [1.54, 1.807) is 6.07 Å². The number of nitrogens with zero attached hydrogens (tertiary/aromatic N) is 2. The van der Waals surface area contributed by atoms with Crippen molar-refractivity contribution in [1.29, 1.82) is 0 Å². The normalized spacial score (nSPS) is 26.2. The molecule has 19 heavy (non-hydrogen) atoms. The Hall–Kier alpha value is -1.78. The van der Waals surface area contributed by atoms with E-state index in [0.717, 1.165) is 18.3 Å². The quantitative estimate of drug-likeness (QED) is 0.852. The van der Waals surface area contributed by atoms with Gasteiger partial charge >= 0.3 is 5.97 Å². The number of aromatic carboxylic acids is 1. The molecular formula is C14H19N3O2. The van der Waals surface area contributed by atoms with Gasteiger partial charge in [-0.1, -0.05) is 12.8 Å². The predicted molar refractivity (Wildman–Crippen MR) is 73.3 cm³/mol. The van der Waals surface area contributed by atoms with Crippen LogP contribution in [0.1, 0.15) is 42.5 Å². The monoisotopic (exact) mass is 261 g/mol. The van der Waals surface area contributed by atoms with Gasteiger partial charge in [-0.15, -0.1) is 0 Å². The Kier molecular flexibility index (Phi) is 3.05. The first kappa shape index (κ1) is 12.3. The molecular weight excluding hydrogens is 242 g/mol. The lowest BCUT2D eigenvalue weighted by Gasteiger charge is -2.32. The summed E-state index contributed by atoms with van der Waals surface area (Å²) in [6, 6.07) is 2.15. The molecule has 2 heterocycles. The summed E-state index contributed by atoms with van der Waals surface area (Å²) in [7, 11) is 0. The van der Waals surface area contributed by atoms with Gasteiger partial charge in [0.2, 0.25) is 0 Å². The van der Waals surface area contributed by atoms with E-state index in [-0.39, 0.29) is 11.3 Å². The van der Waals surface area contributed by atoms with Crippen molar-refractivity contribution in [3.8, 4) is 0 Å². The highest BCUT2D eigenvalue weighted by atomic mass is 16.4. The lowest BCUT2D eigenvalue weighted by atomic mass is 9.85. The molecule has 0 radical (unpaired) electrons. The van der Waals surface area contributed by atoms with Crippen LogP contribution < -0.4 is 10.6 Å². The average Bonchev–Trinajstić information content (AvgIpc) is 2.83. The number of carbonyl (C=O) groups is 1. The SMILES string of the molecule is Nc1cnc(N2CCC3CCCCC32)cc1C(=O)O. The fraction of sp³-hybridized carbons (Fsp3) is 0.571. The van der Waals surface area contributed by atoms with Crippen LogP contribution in [-0.4, -0.2) is 28.6 Å². The van der Waals surface area contributed by atoms with Gasteiger partial charge in [0.1, 0.15) is 5.82 Å². The molecule has 2 atom stereocenters.